The molecule has 11 saturated carbocycles. The molecule has 8 heteroatoms. The van der Waals surface area contributed by atoms with Gasteiger partial charge in [-0.1, -0.05) is 32.9 Å². The lowest BCUT2D eigenvalue weighted by atomic mass is 9.38. The summed E-state index contributed by atoms with van der Waals surface area (Å²) in [5, 5.41) is 0. The van der Waals surface area contributed by atoms with E-state index in [9.17, 15) is 19.2 Å². The number of fused-ring (bicyclic) bond motifs is 2. The van der Waals surface area contributed by atoms with E-state index in [0.29, 0.717) is 76.1 Å². The summed E-state index contributed by atoms with van der Waals surface area (Å²) in [5.41, 5.74) is -0.296. The van der Waals surface area contributed by atoms with E-state index in [2.05, 4.69) is 20.1 Å². The molecule has 8 nitrogen and oxygen atoms in total. The SMILES string of the molecule is C=CC(=O)OCC(=O)OC1(C2CCC(C)CC2)C2CC3CC1CC(C1CC4CC1CC4C1(OC(=O)COC(=O)C(=C)C)C4CC5CC(C4)CC1C5)(C3)C2. The first-order valence-corrected chi connectivity index (χ1v) is 21.5. The molecule has 0 aromatic rings. The lowest BCUT2D eigenvalue weighted by Gasteiger charge is -2.69. The van der Waals surface area contributed by atoms with Crippen molar-refractivity contribution >= 4 is 23.9 Å². The Morgan fingerprint density at radius 1 is 0.623 bits per heavy atom. The van der Waals surface area contributed by atoms with Crippen LogP contribution in [0.2, 0.25) is 0 Å². The lowest BCUT2D eigenvalue weighted by Crippen LogP contribution is -2.68. The van der Waals surface area contributed by atoms with Crippen LogP contribution in [0.3, 0.4) is 0 Å². The van der Waals surface area contributed by atoms with Crippen molar-refractivity contribution in [2.75, 3.05) is 13.2 Å². The molecule has 0 radical (unpaired) electrons. The molecule has 0 heterocycles. The van der Waals surface area contributed by atoms with Crippen LogP contribution in [0.5, 0.6) is 0 Å². The number of ether oxygens (including phenoxy) is 4. The zero-order valence-corrected chi connectivity index (χ0v) is 32.2. The highest BCUT2D eigenvalue weighted by Gasteiger charge is 2.72. The van der Waals surface area contributed by atoms with Crippen LogP contribution in [0.15, 0.2) is 24.8 Å². The van der Waals surface area contributed by atoms with Gasteiger partial charge in [-0.15, -0.1) is 0 Å². The fourth-order valence-electron chi connectivity index (χ4n) is 16.4. The van der Waals surface area contributed by atoms with Crippen LogP contribution in [-0.4, -0.2) is 48.3 Å². The van der Waals surface area contributed by atoms with Crippen LogP contribution in [0.1, 0.15) is 123 Å². The van der Waals surface area contributed by atoms with E-state index in [1.807, 2.05) is 0 Å². The van der Waals surface area contributed by atoms with E-state index in [1.165, 1.54) is 64.2 Å². The van der Waals surface area contributed by atoms with Crippen molar-refractivity contribution in [1.29, 1.82) is 0 Å². The smallest absolute Gasteiger partial charge is 0.344 e. The Kier molecular flexibility index (Phi) is 9.00. The van der Waals surface area contributed by atoms with Gasteiger partial charge in [-0.3, -0.25) is 0 Å². The van der Waals surface area contributed by atoms with Gasteiger partial charge in [-0.2, -0.15) is 0 Å². The predicted octanol–water partition coefficient (Wildman–Crippen LogP) is 8.17. The van der Waals surface area contributed by atoms with Crippen molar-refractivity contribution in [2.45, 2.75) is 134 Å². The number of hydrogen-bond donors (Lipinski definition) is 0. The predicted molar refractivity (Wildman–Crippen MR) is 197 cm³/mol. The number of rotatable bonds is 11. The molecule has 0 aliphatic heterocycles. The minimum Gasteiger partial charge on any atom is -0.456 e. The molecule has 0 spiro atoms. The molecule has 53 heavy (non-hydrogen) atoms. The van der Waals surface area contributed by atoms with Gasteiger partial charge in [0.05, 0.1) is 0 Å². The van der Waals surface area contributed by atoms with E-state index < -0.39 is 29.1 Å². The zero-order valence-electron chi connectivity index (χ0n) is 32.2. The molecule has 0 N–H and O–H groups in total. The van der Waals surface area contributed by atoms with Crippen LogP contribution in [0, 0.1) is 82.3 Å². The highest BCUT2D eigenvalue weighted by molar-refractivity contribution is 5.88. The van der Waals surface area contributed by atoms with Crippen molar-refractivity contribution < 1.29 is 38.1 Å². The molecule has 10 bridgehead atoms. The van der Waals surface area contributed by atoms with E-state index in [1.54, 1.807) is 6.92 Å². The molecule has 11 rings (SSSR count). The van der Waals surface area contributed by atoms with E-state index >= 15 is 0 Å². The maximum Gasteiger partial charge on any atom is 0.344 e. The van der Waals surface area contributed by atoms with Crippen molar-refractivity contribution in [2.24, 2.45) is 82.3 Å². The van der Waals surface area contributed by atoms with Gasteiger partial charge in [0.2, 0.25) is 0 Å². The van der Waals surface area contributed by atoms with Gasteiger partial charge in [0.1, 0.15) is 11.2 Å². The largest absolute Gasteiger partial charge is 0.456 e. The summed E-state index contributed by atoms with van der Waals surface area (Å²) in [6.45, 7) is 10.4. The second-order valence-corrected chi connectivity index (χ2v) is 20.2. The van der Waals surface area contributed by atoms with Crippen LogP contribution < -0.4 is 0 Å². The molecule has 6 atom stereocenters. The molecule has 0 aromatic carbocycles. The first-order valence-electron chi connectivity index (χ1n) is 21.5. The highest BCUT2D eigenvalue weighted by atomic mass is 16.6. The first-order chi connectivity index (χ1) is 25.4. The summed E-state index contributed by atoms with van der Waals surface area (Å²) in [6.07, 6.45) is 21.2. The summed E-state index contributed by atoms with van der Waals surface area (Å²) in [6, 6.07) is 0. The molecule has 0 aromatic heterocycles. The van der Waals surface area contributed by atoms with Gasteiger partial charge in [0.15, 0.2) is 13.2 Å². The number of carbonyl (C=O) groups excluding carboxylic acids is 4. The van der Waals surface area contributed by atoms with E-state index in [4.69, 9.17) is 18.9 Å². The number of esters is 4. The summed E-state index contributed by atoms with van der Waals surface area (Å²) >= 11 is 0. The Labute approximate surface area is 315 Å². The summed E-state index contributed by atoms with van der Waals surface area (Å²) < 4.78 is 24.1. The van der Waals surface area contributed by atoms with Gasteiger partial charge >= 0.3 is 23.9 Å². The van der Waals surface area contributed by atoms with Crippen LogP contribution in [0.4, 0.5) is 0 Å². The van der Waals surface area contributed by atoms with E-state index in [0.717, 1.165) is 62.9 Å². The molecule has 6 unspecified atom stereocenters. The molecule has 11 aliphatic carbocycles. The Bertz CT molecular complexity index is 1490. The molecular weight excluding hydrogens is 668 g/mol. The second kappa shape index (κ2) is 13.2. The van der Waals surface area contributed by atoms with Crippen LogP contribution >= 0.6 is 0 Å². The summed E-state index contributed by atoms with van der Waals surface area (Å²) in [7, 11) is 0. The summed E-state index contributed by atoms with van der Waals surface area (Å²) in [4.78, 5) is 51.2. The third-order valence-corrected chi connectivity index (χ3v) is 17.6. The Hall–Kier alpha value is -2.64. The maximum absolute atomic E-state index is 13.6. The van der Waals surface area contributed by atoms with E-state index in [-0.39, 0.29) is 19.2 Å². The zero-order chi connectivity index (χ0) is 36.9. The van der Waals surface area contributed by atoms with Crippen molar-refractivity contribution in [3.05, 3.63) is 24.8 Å². The fourth-order valence-corrected chi connectivity index (χ4v) is 16.4. The standard InChI is InChI=1S/C45H62O8/c1-5-39(46)50-23-40(47)52-44(32-8-6-26(4)7-9-32)35-15-29-16-36(44)22-43(20-29,21-35)37-18-31-17-30(37)19-38(31)45(53-41(48)24-51-42(49)25(2)3)33-11-27-10-28(13-33)14-34(45)12-27/h5,26-38H,1-2,6-24H2,3-4H3. The third-order valence-electron chi connectivity index (χ3n) is 17.6. The molecule has 0 amide bonds. The quantitative estimate of drug-likeness (QED) is 0.119. The molecule has 0 saturated heterocycles. The topological polar surface area (TPSA) is 105 Å². The average Bonchev–Trinajstić information content (AvgIpc) is 3.75. The van der Waals surface area contributed by atoms with Crippen LogP contribution in [-0.2, 0) is 38.1 Å². The monoisotopic (exact) mass is 730 g/mol. The maximum atomic E-state index is 13.6. The average molecular weight is 731 g/mol. The minimum absolute atomic E-state index is 0.290. The van der Waals surface area contributed by atoms with Gasteiger partial charge in [0.25, 0.3) is 0 Å². The Morgan fingerprint density at radius 3 is 1.74 bits per heavy atom. The molecule has 11 aliphatic rings. The lowest BCUT2D eigenvalue weighted by molar-refractivity contribution is -0.262. The normalized spacial score (nSPS) is 48.3. The minimum atomic E-state index is -0.586. The number of carbonyl (C=O) groups is 4. The summed E-state index contributed by atoms with van der Waals surface area (Å²) in [5.74, 6) is 5.21. The van der Waals surface area contributed by atoms with Crippen molar-refractivity contribution in [3.63, 3.8) is 0 Å². The Morgan fingerprint density at radius 2 is 1.17 bits per heavy atom. The van der Waals surface area contributed by atoms with Crippen molar-refractivity contribution in [1.82, 2.24) is 0 Å². The van der Waals surface area contributed by atoms with Crippen molar-refractivity contribution in [3.8, 4) is 0 Å². The highest BCUT2D eigenvalue weighted by Crippen LogP contribution is 2.75. The van der Waals surface area contributed by atoms with Gasteiger partial charge in [-0.05, 0) is 168 Å². The van der Waals surface area contributed by atoms with Gasteiger partial charge in [0, 0.05) is 29.4 Å². The van der Waals surface area contributed by atoms with Gasteiger partial charge < -0.3 is 18.9 Å². The third kappa shape index (κ3) is 5.78. The molecular formula is C45H62O8. The number of hydrogen-bond acceptors (Lipinski definition) is 8. The Balaban J connectivity index is 0.955. The van der Waals surface area contributed by atoms with Crippen LogP contribution in [0.25, 0.3) is 0 Å². The fraction of sp³-hybridized carbons (Fsp3) is 0.822. The molecule has 290 valence electrons. The second-order valence-electron chi connectivity index (χ2n) is 20.2. The first kappa shape index (κ1) is 36.0. The molecule has 11 fully saturated rings. The van der Waals surface area contributed by atoms with Gasteiger partial charge in [-0.25, -0.2) is 19.2 Å².